The lowest BCUT2D eigenvalue weighted by Gasteiger charge is -2.20. The quantitative estimate of drug-likeness (QED) is 0.743. The van der Waals surface area contributed by atoms with Crippen LogP contribution in [0.5, 0.6) is 5.75 Å². The fraction of sp³-hybridized carbons (Fsp3) is 0.625. The van der Waals surface area contributed by atoms with Gasteiger partial charge in [-0.2, -0.15) is 0 Å². The third kappa shape index (κ3) is 6.87. The second-order valence-electron chi connectivity index (χ2n) is 5.95. The van der Waals surface area contributed by atoms with Crippen LogP contribution in [-0.4, -0.2) is 25.4 Å². The van der Waals surface area contributed by atoms with Gasteiger partial charge in [0.25, 0.3) is 0 Å². The van der Waals surface area contributed by atoms with Gasteiger partial charge in [-0.3, -0.25) is 0 Å². The summed E-state index contributed by atoms with van der Waals surface area (Å²) in [6, 6.07) is 2.59. The maximum Gasteiger partial charge on any atom is 0.190 e. The van der Waals surface area contributed by atoms with Crippen molar-refractivity contribution < 1.29 is 18.3 Å². The molecule has 0 saturated heterocycles. The molecule has 21 heavy (non-hydrogen) atoms. The van der Waals surface area contributed by atoms with Crippen LogP contribution >= 0.6 is 0 Å². The normalized spacial score (nSPS) is 11.7. The Morgan fingerprint density at radius 3 is 2.19 bits per heavy atom. The largest absolute Gasteiger partial charge is 0.485 e. The minimum absolute atomic E-state index is 0.112. The van der Waals surface area contributed by atoms with Crippen molar-refractivity contribution in [1.29, 1.82) is 0 Å². The number of benzene rings is 1. The van der Waals surface area contributed by atoms with Gasteiger partial charge in [-0.15, -0.1) is 0 Å². The van der Waals surface area contributed by atoms with Gasteiger partial charge in [0.15, 0.2) is 17.4 Å². The van der Waals surface area contributed by atoms with Crippen molar-refractivity contribution in [2.45, 2.75) is 46.2 Å². The fourth-order valence-corrected chi connectivity index (χ4v) is 1.67. The maximum absolute atomic E-state index is 13.9. The van der Waals surface area contributed by atoms with E-state index in [-0.39, 0.29) is 17.9 Å². The van der Waals surface area contributed by atoms with Crippen molar-refractivity contribution in [3.8, 4) is 5.75 Å². The van der Waals surface area contributed by atoms with E-state index in [2.05, 4.69) is 5.32 Å². The Bertz CT molecular complexity index is 421. The van der Waals surface area contributed by atoms with Crippen LogP contribution < -0.4 is 10.1 Å². The lowest BCUT2D eigenvalue weighted by Crippen LogP contribution is -2.35. The maximum atomic E-state index is 13.9. The number of halogens is 2. The average Bonchev–Trinajstić information content (AvgIpc) is 2.38. The highest BCUT2D eigenvalue weighted by molar-refractivity contribution is 5.31. The molecule has 120 valence electrons. The third-order valence-electron chi connectivity index (χ3n) is 2.70. The number of nitrogens with one attached hydrogen (secondary N) is 1. The van der Waals surface area contributed by atoms with E-state index in [4.69, 9.17) is 9.47 Å². The van der Waals surface area contributed by atoms with Gasteiger partial charge in [0, 0.05) is 18.7 Å². The van der Waals surface area contributed by atoms with E-state index in [1.165, 1.54) is 12.1 Å². The Labute approximate surface area is 125 Å². The fourth-order valence-electron chi connectivity index (χ4n) is 1.67. The summed E-state index contributed by atoms with van der Waals surface area (Å²) in [7, 11) is 0. The Kier molecular flexibility index (Phi) is 7.05. The molecular formula is C16H25F2NO2. The molecular weight excluding hydrogens is 276 g/mol. The second kappa shape index (κ2) is 8.29. The van der Waals surface area contributed by atoms with Crippen LogP contribution in [0.1, 0.15) is 39.7 Å². The van der Waals surface area contributed by atoms with Crippen molar-refractivity contribution in [1.82, 2.24) is 5.32 Å². The molecule has 0 spiro atoms. The highest BCUT2D eigenvalue weighted by atomic mass is 19.1. The predicted octanol–water partition coefficient (Wildman–Crippen LogP) is 3.66. The summed E-state index contributed by atoms with van der Waals surface area (Å²) in [4.78, 5) is 0. The van der Waals surface area contributed by atoms with E-state index in [1.807, 2.05) is 27.7 Å². The number of rotatable bonds is 8. The van der Waals surface area contributed by atoms with Gasteiger partial charge in [-0.05, 0) is 44.9 Å². The predicted molar refractivity (Wildman–Crippen MR) is 79.6 cm³/mol. The summed E-state index contributed by atoms with van der Waals surface area (Å²) >= 11 is 0. The first-order valence-electron chi connectivity index (χ1n) is 7.27. The molecule has 0 aromatic heterocycles. The first-order chi connectivity index (χ1) is 9.83. The van der Waals surface area contributed by atoms with E-state index >= 15 is 0 Å². The lowest BCUT2D eigenvalue weighted by molar-refractivity contribution is 0.0975. The molecule has 0 aliphatic rings. The molecule has 0 heterocycles. The standard InChI is InChI=1S/C16H25F2NO2/c1-5-6-20-7-8-21-15-13(17)9-12(10-14(15)18)11-19-16(2,3)4/h9-10,19H,5-8,11H2,1-4H3. The summed E-state index contributed by atoms with van der Waals surface area (Å²) in [5, 5.41) is 3.18. The highest BCUT2D eigenvalue weighted by Crippen LogP contribution is 2.23. The molecule has 1 aromatic carbocycles. The minimum Gasteiger partial charge on any atom is -0.485 e. The smallest absolute Gasteiger partial charge is 0.190 e. The summed E-state index contributed by atoms with van der Waals surface area (Å²) < 4.78 is 38.1. The number of hydrogen-bond donors (Lipinski definition) is 1. The van der Waals surface area contributed by atoms with Gasteiger partial charge < -0.3 is 14.8 Å². The van der Waals surface area contributed by atoms with Crippen LogP contribution in [-0.2, 0) is 11.3 Å². The number of ether oxygens (including phenoxy) is 2. The summed E-state index contributed by atoms with van der Waals surface area (Å²) in [6.45, 7) is 9.44. The van der Waals surface area contributed by atoms with Gasteiger partial charge in [0.1, 0.15) is 6.61 Å². The molecule has 1 N–H and O–H groups in total. The van der Waals surface area contributed by atoms with Crippen LogP contribution in [0.2, 0.25) is 0 Å². The van der Waals surface area contributed by atoms with Gasteiger partial charge >= 0.3 is 0 Å². The molecule has 0 atom stereocenters. The van der Waals surface area contributed by atoms with Crippen LogP contribution in [0.3, 0.4) is 0 Å². The van der Waals surface area contributed by atoms with E-state index < -0.39 is 11.6 Å². The molecule has 0 fully saturated rings. The van der Waals surface area contributed by atoms with E-state index in [1.54, 1.807) is 0 Å². The summed E-state index contributed by atoms with van der Waals surface area (Å²) in [5.41, 5.74) is 0.438. The van der Waals surface area contributed by atoms with Crippen LogP contribution in [0.15, 0.2) is 12.1 Å². The van der Waals surface area contributed by atoms with Gasteiger partial charge in [-0.25, -0.2) is 8.78 Å². The molecule has 0 amide bonds. The SMILES string of the molecule is CCCOCCOc1c(F)cc(CNC(C)(C)C)cc1F. The molecule has 0 aliphatic heterocycles. The average molecular weight is 301 g/mol. The monoisotopic (exact) mass is 301 g/mol. The molecule has 0 radical (unpaired) electrons. The molecule has 3 nitrogen and oxygen atoms in total. The van der Waals surface area contributed by atoms with Crippen LogP contribution in [0.25, 0.3) is 0 Å². The van der Waals surface area contributed by atoms with Crippen molar-refractivity contribution in [3.05, 3.63) is 29.3 Å². The van der Waals surface area contributed by atoms with Gasteiger partial charge in [-0.1, -0.05) is 6.92 Å². The molecule has 0 aliphatic carbocycles. The molecule has 0 unspecified atom stereocenters. The van der Waals surface area contributed by atoms with Gasteiger partial charge in [0.05, 0.1) is 6.61 Å². The third-order valence-corrected chi connectivity index (χ3v) is 2.70. The minimum atomic E-state index is -0.684. The molecule has 1 aromatic rings. The second-order valence-corrected chi connectivity index (χ2v) is 5.95. The Balaban J connectivity index is 2.58. The molecule has 0 bridgehead atoms. The summed E-state index contributed by atoms with van der Waals surface area (Å²) in [5.74, 6) is -1.71. The molecule has 1 rings (SSSR count). The Morgan fingerprint density at radius 2 is 1.67 bits per heavy atom. The van der Waals surface area contributed by atoms with Crippen molar-refractivity contribution in [2.24, 2.45) is 0 Å². The van der Waals surface area contributed by atoms with Gasteiger partial charge in [0.2, 0.25) is 0 Å². The van der Waals surface area contributed by atoms with E-state index in [9.17, 15) is 8.78 Å². The first-order valence-corrected chi connectivity index (χ1v) is 7.27. The van der Waals surface area contributed by atoms with E-state index in [0.29, 0.717) is 25.3 Å². The molecule has 5 heteroatoms. The molecule has 0 saturated carbocycles. The topological polar surface area (TPSA) is 30.5 Å². The Morgan fingerprint density at radius 1 is 1.05 bits per heavy atom. The van der Waals surface area contributed by atoms with Crippen LogP contribution in [0.4, 0.5) is 8.78 Å². The zero-order chi connectivity index (χ0) is 15.9. The van der Waals surface area contributed by atoms with Crippen LogP contribution in [0, 0.1) is 11.6 Å². The van der Waals surface area contributed by atoms with Crippen molar-refractivity contribution >= 4 is 0 Å². The summed E-state index contributed by atoms with van der Waals surface area (Å²) in [6.07, 6.45) is 0.901. The van der Waals surface area contributed by atoms with Crippen molar-refractivity contribution in [3.63, 3.8) is 0 Å². The Hall–Kier alpha value is -1.20. The number of hydrogen-bond acceptors (Lipinski definition) is 3. The van der Waals surface area contributed by atoms with E-state index in [0.717, 1.165) is 6.42 Å². The zero-order valence-electron chi connectivity index (χ0n) is 13.3. The highest BCUT2D eigenvalue weighted by Gasteiger charge is 2.14. The van der Waals surface area contributed by atoms with Crippen molar-refractivity contribution in [2.75, 3.05) is 19.8 Å². The first kappa shape index (κ1) is 17.9. The lowest BCUT2D eigenvalue weighted by atomic mass is 10.1. The zero-order valence-corrected chi connectivity index (χ0v) is 13.3.